The Morgan fingerprint density at radius 2 is 1.61 bits per heavy atom. The fraction of sp³-hybridized carbons (Fsp3) is 0.562. The standard InChI is InChI=1S/C16H24O2/c1-11(2)8-13-6-7-14(16(17)18-5)10-15(13)9-12(3)4/h6-7,10-12H,8-9H2,1-5H3. The molecule has 0 N–H and O–H groups in total. The summed E-state index contributed by atoms with van der Waals surface area (Å²) in [5, 5.41) is 0. The molecular weight excluding hydrogens is 224 g/mol. The van der Waals surface area contributed by atoms with Gasteiger partial charge >= 0.3 is 5.97 Å². The first-order valence-corrected chi connectivity index (χ1v) is 6.64. The summed E-state index contributed by atoms with van der Waals surface area (Å²) < 4.78 is 4.78. The summed E-state index contributed by atoms with van der Waals surface area (Å²) in [4.78, 5) is 11.6. The maximum absolute atomic E-state index is 11.6. The number of rotatable bonds is 5. The van der Waals surface area contributed by atoms with Crippen LogP contribution in [-0.2, 0) is 17.6 Å². The maximum Gasteiger partial charge on any atom is 0.337 e. The number of ether oxygens (including phenoxy) is 1. The molecule has 1 aromatic carbocycles. The lowest BCUT2D eigenvalue weighted by Gasteiger charge is -2.14. The average Bonchev–Trinajstić information content (AvgIpc) is 2.29. The van der Waals surface area contributed by atoms with E-state index in [9.17, 15) is 4.79 Å². The summed E-state index contributed by atoms with van der Waals surface area (Å²) in [6.07, 6.45) is 2.07. The van der Waals surface area contributed by atoms with Crippen LogP contribution in [0.5, 0.6) is 0 Å². The van der Waals surface area contributed by atoms with E-state index >= 15 is 0 Å². The van der Waals surface area contributed by atoms with E-state index in [0.29, 0.717) is 17.4 Å². The topological polar surface area (TPSA) is 26.3 Å². The highest BCUT2D eigenvalue weighted by atomic mass is 16.5. The van der Waals surface area contributed by atoms with Crippen LogP contribution >= 0.6 is 0 Å². The summed E-state index contributed by atoms with van der Waals surface area (Å²) in [6.45, 7) is 8.83. The largest absolute Gasteiger partial charge is 0.465 e. The Morgan fingerprint density at radius 1 is 1.06 bits per heavy atom. The highest BCUT2D eigenvalue weighted by Gasteiger charge is 2.11. The molecule has 0 saturated carbocycles. The Labute approximate surface area is 110 Å². The summed E-state index contributed by atoms with van der Waals surface area (Å²) in [5.41, 5.74) is 3.29. The molecule has 0 aliphatic rings. The zero-order chi connectivity index (χ0) is 13.7. The lowest BCUT2D eigenvalue weighted by atomic mass is 9.91. The molecule has 0 spiro atoms. The van der Waals surface area contributed by atoms with Gasteiger partial charge in [-0.15, -0.1) is 0 Å². The molecule has 0 fully saturated rings. The second-order valence-corrected chi connectivity index (χ2v) is 5.67. The molecule has 1 aromatic rings. The van der Waals surface area contributed by atoms with Crippen molar-refractivity contribution in [2.45, 2.75) is 40.5 Å². The quantitative estimate of drug-likeness (QED) is 0.739. The highest BCUT2D eigenvalue weighted by molar-refractivity contribution is 5.89. The van der Waals surface area contributed by atoms with Crippen molar-refractivity contribution in [2.75, 3.05) is 7.11 Å². The van der Waals surface area contributed by atoms with Crippen molar-refractivity contribution >= 4 is 5.97 Å². The summed E-state index contributed by atoms with van der Waals surface area (Å²) in [7, 11) is 1.42. The van der Waals surface area contributed by atoms with Crippen molar-refractivity contribution in [3.8, 4) is 0 Å². The van der Waals surface area contributed by atoms with Crippen LogP contribution in [0.15, 0.2) is 18.2 Å². The van der Waals surface area contributed by atoms with Crippen LogP contribution in [0.2, 0.25) is 0 Å². The van der Waals surface area contributed by atoms with E-state index in [1.165, 1.54) is 18.2 Å². The molecule has 2 nitrogen and oxygen atoms in total. The van der Waals surface area contributed by atoms with Gasteiger partial charge in [0.15, 0.2) is 0 Å². The second-order valence-electron chi connectivity index (χ2n) is 5.67. The Kier molecular flexibility index (Phi) is 5.39. The van der Waals surface area contributed by atoms with E-state index in [1.807, 2.05) is 12.1 Å². The van der Waals surface area contributed by atoms with E-state index in [0.717, 1.165) is 12.8 Å². The van der Waals surface area contributed by atoms with Gasteiger partial charge in [-0.05, 0) is 47.9 Å². The summed E-state index contributed by atoms with van der Waals surface area (Å²) in [5.74, 6) is 0.958. The van der Waals surface area contributed by atoms with E-state index in [4.69, 9.17) is 4.74 Å². The van der Waals surface area contributed by atoms with E-state index in [2.05, 4.69) is 33.8 Å². The van der Waals surface area contributed by atoms with Crippen LogP contribution in [0.25, 0.3) is 0 Å². The number of benzene rings is 1. The Bertz CT molecular complexity index is 406. The zero-order valence-corrected chi connectivity index (χ0v) is 12.1. The van der Waals surface area contributed by atoms with Crippen LogP contribution < -0.4 is 0 Å². The molecule has 0 bridgehead atoms. The molecule has 0 aliphatic heterocycles. The predicted molar refractivity (Wildman–Crippen MR) is 74.9 cm³/mol. The molecule has 0 amide bonds. The molecule has 2 heteroatoms. The van der Waals surface area contributed by atoms with Gasteiger partial charge in [0.25, 0.3) is 0 Å². The average molecular weight is 248 g/mol. The fourth-order valence-corrected chi connectivity index (χ4v) is 2.14. The van der Waals surface area contributed by atoms with Crippen LogP contribution in [0.3, 0.4) is 0 Å². The van der Waals surface area contributed by atoms with Crippen molar-refractivity contribution < 1.29 is 9.53 Å². The normalized spacial score (nSPS) is 11.1. The molecule has 1 rings (SSSR count). The van der Waals surface area contributed by atoms with Crippen LogP contribution in [0.1, 0.15) is 49.2 Å². The molecule has 0 heterocycles. The first-order valence-electron chi connectivity index (χ1n) is 6.64. The van der Waals surface area contributed by atoms with Crippen LogP contribution in [-0.4, -0.2) is 13.1 Å². The maximum atomic E-state index is 11.6. The Hall–Kier alpha value is -1.31. The first kappa shape index (κ1) is 14.7. The molecule has 100 valence electrons. The monoisotopic (exact) mass is 248 g/mol. The Morgan fingerprint density at radius 3 is 2.11 bits per heavy atom. The molecule has 18 heavy (non-hydrogen) atoms. The summed E-state index contributed by atoms with van der Waals surface area (Å²) in [6, 6.07) is 5.93. The van der Waals surface area contributed by atoms with Crippen molar-refractivity contribution in [3.63, 3.8) is 0 Å². The van der Waals surface area contributed by atoms with Gasteiger partial charge in [-0.2, -0.15) is 0 Å². The third kappa shape index (κ3) is 4.17. The molecule has 0 unspecified atom stereocenters. The van der Waals surface area contributed by atoms with E-state index in [1.54, 1.807) is 0 Å². The van der Waals surface area contributed by atoms with E-state index < -0.39 is 0 Å². The molecule has 0 aliphatic carbocycles. The first-order chi connectivity index (χ1) is 8.43. The van der Waals surface area contributed by atoms with Gasteiger partial charge in [0, 0.05) is 0 Å². The number of methoxy groups -OCH3 is 1. The zero-order valence-electron chi connectivity index (χ0n) is 12.1. The molecule has 0 aromatic heterocycles. The van der Waals surface area contributed by atoms with Gasteiger partial charge in [0.05, 0.1) is 12.7 Å². The number of carbonyl (C=O) groups is 1. The highest BCUT2D eigenvalue weighted by Crippen LogP contribution is 2.20. The van der Waals surface area contributed by atoms with E-state index in [-0.39, 0.29) is 5.97 Å². The summed E-state index contributed by atoms with van der Waals surface area (Å²) >= 11 is 0. The third-order valence-corrected chi connectivity index (χ3v) is 2.88. The van der Waals surface area contributed by atoms with Gasteiger partial charge in [-0.25, -0.2) is 4.79 Å². The minimum atomic E-state index is -0.254. The lowest BCUT2D eigenvalue weighted by molar-refractivity contribution is 0.0600. The lowest BCUT2D eigenvalue weighted by Crippen LogP contribution is -2.07. The Balaban J connectivity index is 3.07. The minimum absolute atomic E-state index is 0.254. The predicted octanol–water partition coefficient (Wildman–Crippen LogP) is 3.87. The van der Waals surface area contributed by atoms with Crippen molar-refractivity contribution in [1.82, 2.24) is 0 Å². The number of hydrogen-bond acceptors (Lipinski definition) is 2. The van der Waals surface area contributed by atoms with Gasteiger partial charge in [-0.3, -0.25) is 0 Å². The van der Waals surface area contributed by atoms with Gasteiger partial charge in [0.2, 0.25) is 0 Å². The van der Waals surface area contributed by atoms with Gasteiger partial charge in [-0.1, -0.05) is 33.8 Å². The number of hydrogen-bond donors (Lipinski definition) is 0. The molecule has 0 saturated heterocycles. The van der Waals surface area contributed by atoms with Crippen molar-refractivity contribution in [1.29, 1.82) is 0 Å². The van der Waals surface area contributed by atoms with Gasteiger partial charge < -0.3 is 4.74 Å². The number of esters is 1. The smallest absolute Gasteiger partial charge is 0.337 e. The van der Waals surface area contributed by atoms with Crippen LogP contribution in [0, 0.1) is 11.8 Å². The van der Waals surface area contributed by atoms with Crippen molar-refractivity contribution in [3.05, 3.63) is 34.9 Å². The van der Waals surface area contributed by atoms with Crippen molar-refractivity contribution in [2.24, 2.45) is 11.8 Å². The number of carbonyl (C=O) groups excluding carboxylic acids is 1. The fourth-order valence-electron chi connectivity index (χ4n) is 2.14. The third-order valence-electron chi connectivity index (χ3n) is 2.88. The van der Waals surface area contributed by atoms with Gasteiger partial charge in [0.1, 0.15) is 0 Å². The van der Waals surface area contributed by atoms with Crippen LogP contribution in [0.4, 0.5) is 0 Å². The minimum Gasteiger partial charge on any atom is -0.465 e. The molecule has 0 atom stereocenters. The molecule has 0 radical (unpaired) electrons. The second kappa shape index (κ2) is 6.58. The SMILES string of the molecule is COC(=O)c1ccc(CC(C)C)c(CC(C)C)c1. The molecular formula is C16H24O2.